The molecule has 1 aliphatic heterocycles. The number of anilines is 1. The number of rotatable bonds is 7. The van der Waals surface area contributed by atoms with Crippen molar-refractivity contribution in [1.82, 2.24) is 9.78 Å². The predicted octanol–water partition coefficient (Wildman–Crippen LogP) is 2.97. The quantitative estimate of drug-likeness (QED) is 0.420. The molecule has 1 aliphatic rings. The maximum Gasteiger partial charge on any atom is 0.359 e. The minimum atomic E-state index is -0.765. The molecule has 3 aromatic rings. The highest BCUT2D eigenvalue weighted by Crippen LogP contribution is 2.22. The first kappa shape index (κ1) is 21.4. The van der Waals surface area contributed by atoms with Crippen molar-refractivity contribution in [2.24, 2.45) is 0 Å². The summed E-state index contributed by atoms with van der Waals surface area (Å²) in [6.45, 7) is 2.49. The third kappa shape index (κ3) is 4.16. The van der Waals surface area contributed by atoms with E-state index in [4.69, 9.17) is 4.74 Å². The van der Waals surface area contributed by atoms with Crippen molar-refractivity contribution in [2.45, 2.75) is 32.7 Å². The number of amides is 1. The molecule has 1 aromatic heterocycles. The van der Waals surface area contributed by atoms with E-state index in [9.17, 15) is 19.2 Å². The number of carbonyl (C=O) groups is 3. The zero-order valence-electron chi connectivity index (χ0n) is 17.7. The highest BCUT2D eigenvalue weighted by molar-refractivity contribution is 6.04. The fourth-order valence-electron chi connectivity index (χ4n) is 3.78. The van der Waals surface area contributed by atoms with Crippen molar-refractivity contribution in [3.8, 4) is 0 Å². The Balaban J connectivity index is 1.49. The summed E-state index contributed by atoms with van der Waals surface area (Å²) < 4.78 is 6.49. The van der Waals surface area contributed by atoms with Crippen LogP contribution in [0, 0.1) is 0 Å². The number of nitrogens with zero attached hydrogens (tertiary/aromatic N) is 3. The third-order valence-electron chi connectivity index (χ3n) is 5.41. The number of Topliss-reactive ketones (excluding diaryl/α,β-unsaturated/α-hetero) is 1. The Bertz CT molecular complexity index is 1250. The lowest BCUT2D eigenvalue weighted by Crippen LogP contribution is -2.27. The highest BCUT2D eigenvalue weighted by Gasteiger charge is 2.22. The molecule has 0 atom stereocenters. The lowest BCUT2D eigenvalue weighted by Gasteiger charge is -2.15. The summed E-state index contributed by atoms with van der Waals surface area (Å²) in [6, 6.07) is 13.4. The molecule has 8 heteroatoms. The number of ether oxygens (including phenoxy) is 1. The first-order valence-electron chi connectivity index (χ1n) is 10.6. The molecule has 2 aromatic carbocycles. The van der Waals surface area contributed by atoms with E-state index >= 15 is 0 Å². The number of fused-ring (bicyclic) bond motifs is 1. The fourth-order valence-corrected chi connectivity index (χ4v) is 3.78. The molecule has 2 heterocycles. The van der Waals surface area contributed by atoms with Gasteiger partial charge >= 0.3 is 5.97 Å². The van der Waals surface area contributed by atoms with Crippen molar-refractivity contribution in [3.63, 3.8) is 0 Å². The van der Waals surface area contributed by atoms with Crippen LogP contribution in [0.15, 0.2) is 53.3 Å². The Morgan fingerprint density at radius 3 is 2.41 bits per heavy atom. The summed E-state index contributed by atoms with van der Waals surface area (Å²) in [4.78, 5) is 51.4. The molecule has 0 bridgehead atoms. The Labute approximate surface area is 184 Å². The molecule has 0 N–H and O–H groups in total. The number of hydrogen-bond acceptors (Lipinski definition) is 6. The second-order valence-electron chi connectivity index (χ2n) is 7.62. The molecule has 1 amide bonds. The van der Waals surface area contributed by atoms with E-state index in [-0.39, 0.29) is 22.9 Å². The SMILES string of the molecule is CCCn1nc(C(=O)OCC(=O)c2ccc(N3CCCC3=O)cc2)c2ccccc2c1=O. The predicted molar refractivity (Wildman–Crippen MR) is 119 cm³/mol. The molecule has 1 saturated heterocycles. The molecular weight excluding hydrogens is 410 g/mol. The Hall–Kier alpha value is -3.81. The van der Waals surface area contributed by atoms with Gasteiger partial charge in [-0.2, -0.15) is 5.10 Å². The zero-order valence-corrected chi connectivity index (χ0v) is 17.7. The highest BCUT2D eigenvalue weighted by atomic mass is 16.5. The first-order valence-corrected chi connectivity index (χ1v) is 10.6. The summed E-state index contributed by atoms with van der Waals surface area (Å²) in [5, 5.41) is 4.95. The van der Waals surface area contributed by atoms with Crippen molar-refractivity contribution < 1.29 is 19.1 Å². The van der Waals surface area contributed by atoms with Gasteiger partial charge in [0.05, 0.1) is 5.39 Å². The van der Waals surface area contributed by atoms with Crippen LogP contribution in [0.2, 0.25) is 0 Å². The van der Waals surface area contributed by atoms with Crippen LogP contribution in [0.5, 0.6) is 0 Å². The minimum Gasteiger partial charge on any atom is -0.452 e. The molecule has 8 nitrogen and oxygen atoms in total. The molecule has 4 rings (SSSR count). The van der Waals surface area contributed by atoms with Gasteiger partial charge in [0.25, 0.3) is 5.56 Å². The summed E-state index contributed by atoms with van der Waals surface area (Å²) in [6.07, 6.45) is 2.03. The summed E-state index contributed by atoms with van der Waals surface area (Å²) in [7, 11) is 0. The average Bonchev–Trinajstić information content (AvgIpc) is 3.25. The molecule has 0 aliphatic carbocycles. The first-order chi connectivity index (χ1) is 15.5. The third-order valence-corrected chi connectivity index (χ3v) is 5.41. The monoisotopic (exact) mass is 433 g/mol. The fraction of sp³-hybridized carbons (Fsp3) is 0.292. The molecule has 32 heavy (non-hydrogen) atoms. The molecule has 164 valence electrons. The standard InChI is InChI=1S/C24H23N3O5/c1-2-13-27-23(30)19-7-4-3-6-18(19)22(25-27)24(31)32-15-20(28)16-9-11-17(12-10-16)26-14-5-8-21(26)29/h3-4,6-7,9-12H,2,5,8,13-15H2,1H3. The topological polar surface area (TPSA) is 98.6 Å². The van der Waals surface area contributed by atoms with E-state index < -0.39 is 12.6 Å². The van der Waals surface area contributed by atoms with Crippen molar-refractivity contribution in [2.75, 3.05) is 18.1 Å². The van der Waals surface area contributed by atoms with Gasteiger partial charge in [0, 0.05) is 36.1 Å². The van der Waals surface area contributed by atoms with Crippen LogP contribution in [0.1, 0.15) is 47.0 Å². The Morgan fingerprint density at radius 1 is 1.03 bits per heavy atom. The second kappa shape index (κ2) is 9.13. The number of ketones is 1. The van der Waals surface area contributed by atoms with Gasteiger partial charge in [-0.05, 0) is 43.2 Å². The van der Waals surface area contributed by atoms with Gasteiger partial charge in [-0.25, -0.2) is 9.48 Å². The summed E-state index contributed by atoms with van der Waals surface area (Å²) in [5.74, 6) is -1.07. The molecular formula is C24H23N3O5. The van der Waals surface area contributed by atoms with Crippen LogP contribution in [-0.4, -0.2) is 40.6 Å². The van der Waals surface area contributed by atoms with E-state index in [0.29, 0.717) is 42.3 Å². The average molecular weight is 433 g/mol. The number of benzene rings is 2. The zero-order chi connectivity index (χ0) is 22.7. The van der Waals surface area contributed by atoms with Crippen molar-refractivity contribution in [3.05, 3.63) is 70.1 Å². The van der Waals surface area contributed by atoms with E-state index in [1.54, 1.807) is 53.4 Å². The van der Waals surface area contributed by atoms with Crippen LogP contribution in [0.25, 0.3) is 10.8 Å². The minimum absolute atomic E-state index is 0.00402. The normalized spacial score (nSPS) is 13.5. The molecule has 0 radical (unpaired) electrons. The summed E-state index contributed by atoms with van der Waals surface area (Å²) in [5.41, 5.74) is 0.854. The maximum absolute atomic E-state index is 12.7. The number of aryl methyl sites for hydroxylation is 1. The van der Waals surface area contributed by atoms with Crippen LogP contribution in [-0.2, 0) is 16.1 Å². The van der Waals surface area contributed by atoms with Crippen LogP contribution >= 0.6 is 0 Å². The summed E-state index contributed by atoms with van der Waals surface area (Å²) >= 11 is 0. The largest absolute Gasteiger partial charge is 0.452 e. The number of aromatic nitrogens is 2. The second-order valence-corrected chi connectivity index (χ2v) is 7.62. The Morgan fingerprint density at radius 2 is 1.75 bits per heavy atom. The van der Waals surface area contributed by atoms with E-state index in [1.165, 1.54) is 4.68 Å². The van der Waals surface area contributed by atoms with Crippen molar-refractivity contribution >= 4 is 34.1 Å². The van der Waals surface area contributed by atoms with Crippen molar-refractivity contribution in [1.29, 1.82) is 0 Å². The molecule has 0 saturated carbocycles. The molecule has 0 unspecified atom stereocenters. The van der Waals surface area contributed by atoms with E-state index in [1.807, 2.05) is 6.92 Å². The molecule has 0 spiro atoms. The van der Waals surface area contributed by atoms with Gasteiger partial charge in [0.1, 0.15) is 0 Å². The number of carbonyl (C=O) groups excluding carboxylic acids is 3. The van der Waals surface area contributed by atoms with Gasteiger partial charge in [0.15, 0.2) is 18.1 Å². The van der Waals surface area contributed by atoms with Gasteiger partial charge in [-0.3, -0.25) is 14.4 Å². The Kier molecular flexibility index (Phi) is 6.11. The smallest absolute Gasteiger partial charge is 0.359 e. The molecule has 1 fully saturated rings. The number of hydrogen-bond donors (Lipinski definition) is 0. The van der Waals surface area contributed by atoms with Crippen LogP contribution in [0.4, 0.5) is 5.69 Å². The van der Waals surface area contributed by atoms with Crippen LogP contribution < -0.4 is 10.5 Å². The maximum atomic E-state index is 12.7. The lowest BCUT2D eigenvalue weighted by atomic mass is 10.1. The van der Waals surface area contributed by atoms with Gasteiger partial charge in [0.2, 0.25) is 5.91 Å². The van der Waals surface area contributed by atoms with Gasteiger partial charge in [-0.1, -0.05) is 25.1 Å². The lowest BCUT2D eigenvalue weighted by molar-refractivity contribution is -0.117. The van der Waals surface area contributed by atoms with E-state index in [2.05, 4.69) is 5.10 Å². The number of esters is 1. The van der Waals surface area contributed by atoms with Gasteiger partial charge < -0.3 is 9.64 Å². The van der Waals surface area contributed by atoms with Gasteiger partial charge in [-0.15, -0.1) is 0 Å². The van der Waals surface area contributed by atoms with E-state index in [0.717, 1.165) is 12.1 Å². The van der Waals surface area contributed by atoms with Crippen LogP contribution in [0.3, 0.4) is 0 Å².